The number of nitriles is 1. The predicted molar refractivity (Wildman–Crippen MR) is 107 cm³/mol. The molecular formula is C23H26N2O2. The highest BCUT2D eigenvalue weighted by Crippen LogP contribution is 2.41. The minimum absolute atomic E-state index is 0.0147. The molecule has 4 heteroatoms. The number of nitrogens with one attached hydrogen (secondary N) is 1. The van der Waals surface area contributed by atoms with E-state index in [-0.39, 0.29) is 5.91 Å². The third-order valence-corrected chi connectivity index (χ3v) is 5.37. The van der Waals surface area contributed by atoms with Crippen LogP contribution in [0.1, 0.15) is 55.7 Å². The molecule has 1 saturated carbocycles. The highest BCUT2D eigenvalue weighted by Gasteiger charge is 2.41. The first kappa shape index (κ1) is 19.0. The number of rotatable bonds is 5. The molecule has 0 atom stereocenters. The summed E-state index contributed by atoms with van der Waals surface area (Å²) in [7, 11) is 0. The molecule has 2 aromatic rings. The second kappa shape index (κ2) is 8.26. The van der Waals surface area contributed by atoms with Crippen LogP contribution in [0.5, 0.6) is 5.75 Å². The van der Waals surface area contributed by atoms with E-state index in [1.807, 2.05) is 13.0 Å². The van der Waals surface area contributed by atoms with Gasteiger partial charge in [-0.1, -0.05) is 49.1 Å². The molecule has 0 heterocycles. The van der Waals surface area contributed by atoms with Crippen molar-refractivity contribution in [3.63, 3.8) is 0 Å². The van der Waals surface area contributed by atoms with Crippen molar-refractivity contribution >= 4 is 11.6 Å². The summed E-state index contributed by atoms with van der Waals surface area (Å²) in [5.74, 6) is 0.560. The number of anilines is 1. The average Bonchev–Trinajstić information content (AvgIpc) is 2.69. The van der Waals surface area contributed by atoms with Gasteiger partial charge in [-0.05, 0) is 50.5 Å². The lowest BCUT2D eigenvalue weighted by molar-refractivity contribution is -0.122. The van der Waals surface area contributed by atoms with Crippen LogP contribution in [-0.4, -0.2) is 12.5 Å². The average molecular weight is 362 g/mol. The van der Waals surface area contributed by atoms with Gasteiger partial charge in [-0.25, -0.2) is 0 Å². The van der Waals surface area contributed by atoms with Crippen LogP contribution in [0.3, 0.4) is 0 Å². The topological polar surface area (TPSA) is 62.1 Å². The molecule has 27 heavy (non-hydrogen) atoms. The van der Waals surface area contributed by atoms with E-state index in [0.717, 1.165) is 36.8 Å². The first-order valence-corrected chi connectivity index (χ1v) is 9.64. The lowest BCUT2D eigenvalue weighted by Gasteiger charge is -2.36. The third kappa shape index (κ3) is 3.98. The highest BCUT2D eigenvalue weighted by atomic mass is 16.5. The van der Waals surface area contributed by atoms with Crippen LogP contribution in [0.15, 0.2) is 42.5 Å². The maximum atomic E-state index is 13.4. The van der Waals surface area contributed by atoms with Gasteiger partial charge in [0, 0.05) is 5.69 Å². The van der Waals surface area contributed by atoms with Crippen molar-refractivity contribution in [2.45, 2.75) is 51.4 Å². The van der Waals surface area contributed by atoms with Crippen molar-refractivity contribution in [3.8, 4) is 11.8 Å². The molecule has 0 radical (unpaired) electrons. The summed E-state index contributed by atoms with van der Waals surface area (Å²) in [6.07, 6.45) is 4.97. The van der Waals surface area contributed by atoms with Gasteiger partial charge >= 0.3 is 0 Å². The molecule has 0 aromatic heterocycles. The van der Waals surface area contributed by atoms with E-state index in [1.165, 1.54) is 6.42 Å². The van der Waals surface area contributed by atoms with Crippen LogP contribution >= 0.6 is 0 Å². The zero-order valence-electron chi connectivity index (χ0n) is 16.0. The van der Waals surface area contributed by atoms with Crippen LogP contribution in [-0.2, 0) is 10.2 Å². The van der Waals surface area contributed by atoms with E-state index < -0.39 is 5.41 Å². The van der Waals surface area contributed by atoms with E-state index in [1.54, 1.807) is 18.2 Å². The van der Waals surface area contributed by atoms with Crippen molar-refractivity contribution in [2.75, 3.05) is 11.9 Å². The molecule has 0 saturated heterocycles. The Balaban J connectivity index is 1.91. The summed E-state index contributed by atoms with van der Waals surface area (Å²) in [5.41, 5.74) is 2.82. The number of ether oxygens (including phenoxy) is 1. The van der Waals surface area contributed by atoms with Gasteiger partial charge in [0.15, 0.2) is 0 Å². The Morgan fingerprint density at radius 2 is 1.96 bits per heavy atom. The highest BCUT2D eigenvalue weighted by molar-refractivity contribution is 5.99. The number of aryl methyl sites for hydroxylation is 1. The molecule has 2 aromatic carbocycles. The van der Waals surface area contributed by atoms with E-state index in [9.17, 15) is 10.1 Å². The van der Waals surface area contributed by atoms with Gasteiger partial charge in [-0.2, -0.15) is 5.26 Å². The van der Waals surface area contributed by atoms with Crippen molar-refractivity contribution < 1.29 is 9.53 Å². The zero-order chi connectivity index (χ0) is 19.3. The van der Waals surface area contributed by atoms with Crippen LogP contribution in [0.2, 0.25) is 0 Å². The van der Waals surface area contributed by atoms with Gasteiger partial charge < -0.3 is 10.1 Å². The number of hydrogen-bond acceptors (Lipinski definition) is 3. The lowest BCUT2D eigenvalue weighted by Crippen LogP contribution is -2.42. The minimum atomic E-state index is -0.504. The Hall–Kier alpha value is -2.80. The molecule has 1 fully saturated rings. The molecule has 1 aliphatic carbocycles. The van der Waals surface area contributed by atoms with Crippen molar-refractivity contribution in [3.05, 3.63) is 59.2 Å². The molecule has 140 valence electrons. The lowest BCUT2D eigenvalue weighted by atomic mass is 9.68. The van der Waals surface area contributed by atoms with Gasteiger partial charge in [0.05, 0.1) is 17.6 Å². The van der Waals surface area contributed by atoms with Gasteiger partial charge in [-0.15, -0.1) is 0 Å². The molecule has 1 amide bonds. The number of amides is 1. The predicted octanol–water partition coefficient (Wildman–Crippen LogP) is 5.11. The Morgan fingerprint density at radius 3 is 2.63 bits per heavy atom. The van der Waals surface area contributed by atoms with E-state index in [4.69, 9.17) is 4.74 Å². The Bertz CT molecular complexity index is 861. The molecule has 3 rings (SSSR count). The fourth-order valence-electron chi connectivity index (χ4n) is 3.97. The summed E-state index contributed by atoms with van der Waals surface area (Å²) in [6.45, 7) is 4.44. The van der Waals surface area contributed by atoms with Crippen molar-refractivity contribution in [1.29, 1.82) is 5.26 Å². The number of benzene rings is 2. The fourth-order valence-corrected chi connectivity index (χ4v) is 3.97. The maximum Gasteiger partial charge on any atom is 0.235 e. The van der Waals surface area contributed by atoms with Crippen LogP contribution < -0.4 is 10.1 Å². The maximum absolute atomic E-state index is 13.4. The standard InChI is InChI=1S/C23H26N2O2/c1-3-27-21-11-10-20(15-18(21)16-24)25-22(26)23(12-5-4-6-13-23)19-9-7-8-17(2)14-19/h7-11,14-15H,3-6,12-13H2,1-2H3,(H,25,26). The van der Waals surface area contributed by atoms with E-state index in [2.05, 4.69) is 36.5 Å². The molecule has 0 bridgehead atoms. The van der Waals surface area contributed by atoms with E-state index >= 15 is 0 Å². The number of carbonyl (C=O) groups excluding carboxylic acids is 1. The Kier molecular flexibility index (Phi) is 5.81. The number of carbonyl (C=O) groups is 1. The van der Waals surface area contributed by atoms with Gasteiger partial charge in [0.2, 0.25) is 5.91 Å². The van der Waals surface area contributed by atoms with Crippen LogP contribution in [0.4, 0.5) is 5.69 Å². The Labute approximate surface area is 161 Å². The van der Waals surface area contributed by atoms with Gasteiger partial charge in [0.25, 0.3) is 0 Å². The first-order valence-electron chi connectivity index (χ1n) is 9.64. The first-order chi connectivity index (χ1) is 13.1. The molecule has 0 spiro atoms. The van der Waals surface area contributed by atoms with Gasteiger partial charge in [-0.3, -0.25) is 4.79 Å². The second-order valence-electron chi connectivity index (χ2n) is 7.22. The van der Waals surface area contributed by atoms with Crippen LogP contribution in [0, 0.1) is 18.3 Å². The second-order valence-corrected chi connectivity index (χ2v) is 7.22. The molecule has 1 N–H and O–H groups in total. The quantitative estimate of drug-likeness (QED) is 0.804. The third-order valence-electron chi connectivity index (χ3n) is 5.37. The molecule has 1 aliphatic rings. The van der Waals surface area contributed by atoms with E-state index in [0.29, 0.717) is 23.6 Å². The summed E-state index contributed by atoms with van der Waals surface area (Å²) in [5, 5.41) is 12.4. The fraction of sp³-hybridized carbons (Fsp3) is 0.391. The largest absolute Gasteiger partial charge is 0.492 e. The summed E-state index contributed by atoms with van der Waals surface area (Å²) >= 11 is 0. The Morgan fingerprint density at radius 1 is 1.19 bits per heavy atom. The zero-order valence-corrected chi connectivity index (χ0v) is 16.0. The molecular weight excluding hydrogens is 336 g/mol. The molecule has 4 nitrogen and oxygen atoms in total. The minimum Gasteiger partial charge on any atom is -0.492 e. The normalized spacial score (nSPS) is 15.6. The van der Waals surface area contributed by atoms with Crippen molar-refractivity contribution in [1.82, 2.24) is 0 Å². The molecule has 0 unspecified atom stereocenters. The SMILES string of the molecule is CCOc1ccc(NC(=O)C2(c3cccc(C)c3)CCCCC2)cc1C#N. The summed E-state index contributed by atoms with van der Waals surface area (Å²) in [4.78, 5) is 13.4. The summed E-state index contributed by atoms with van der Waals surface area (Å²) < 4.78 is 5.47. The number of nitrogens with zero attached hydrogens (tertiary/aromatic N) is 1. The van der Waals surface area contributed by atoms with Crippen molar-refractivity contribution in [2.24, 2.45) is 0 Å². The summed E-state index contributed by atoms with van der Waals surface area (Å²) in [6, 6.07) is 15.7. The molecule has 0 aliphatic heterocycles. The van der Waals surface area contributed by atoms with Crippen LogP contribution in [0.25, 0.3) is 0 Å². The monoisotopic (exact) mass is 362 g/mol. The smallest absolute Gasteiger partial charge is 0.235 e. The number of hydrogen-bond donors (Lipinski definition) is 1. The van der Waals surface area contributed by atoms with Gasteiger partial charge in [0.1, 0.15) is 11.8 Å².